The van der Waals surface area contributed by atoms with Crippen LogP contribution >= 0.6 is 0 Å². The van der Waals surface area contributed by atoms with E-state index in [0.717, 1.165) is 24.9 Å². The van der Waals surface area contributed by atoms with Gasteiger partial charge in [-0.3, -0.25) is 0 Å². The highest BCUT2D eigenvalue weighted by molar-refractivity contribution is 5.87. The summed E-state index contributed by atoms with van der Waals surface area (Å²) in [5, 5.41) is 8.86. The first kappa shape index (κ1) is 13.4. The average molecular weight is 263 g/mol. The van der Waals surface area contributed by atoms with E-state index in [2.05, 4.69) is 0 Å². The lowest BCUT2D eigenvalue weighted by molar-refractivity contribution is 0.0697. The van der Waals surface area contributed by atoms with E-state index in [9.17, 15) is 9.59 Å². The summed E-state index contributed by atoms with van der Waals surface area (Å²) in [6, 6.07) is 6.87. The molecular weight excluding hydrogens is 246 g/mol. The Labute approximate surface area is 111 Å². The van der Waals surface area contributed by atoms with E-state index in [0.29, 0.717) is 6.54 Å². The van der Waals surface area contributed by atoms with E-state index in [1.54, 1.807) is 17.0 Å². The second-order valence-electron chi connectivity index (χ2n) is 4.68. The Morgan fingerprint density at radius 2 is 2.00 bits per heavy atom. The fourth-order valence-electron chi connectivity index (χ4n) is 2.44. The quantitative estimate of drug-likeness (QED) is 0.889. The van der Waals surface area contributed by atoms with E-state index in [1.807, 2.05) is 12.1 Å². The van der Waals surface area contributed by atoms with E-state index in [4.69, 9.17) is 9.84 Å². The average Bonchev–Trinajstić information content (AvgIpc) is 2.46. The van der Waals surface area contributed by atoms with Crippen molar-refractivity contribution in [2.75, 3.05) is 20.2 Å². The Balaban J connectivity index is 2.08. The number of carbonyl (C=O) groups excluding carboxylic acids is 1. The number of piperidine rings is 1. The Hall–Kier alpha value is -2.04. The van der Waals surface area contributed by atoms with Crippen LogP contribution in [0.15, 0.2) is 24.3 Å². The topological polar surface area (TPSA) is 66.8 Å². The molecule has 0 bridgehead atoms. The predicted octanol–water partition coefficient (Wildman–Crippen LogP) is 2.33. The summed E-state index contributed by atoms with van der Waals surface area (Å²) in [5.41, 5.74) is 1.35. The van der Waals surface area contributed by atoms with Crippen molar-refractivity contribution < 1.29 is 19.4 Å². The van der Waals surface area contributed by atoms with Crippen LogP contribution in [-0.4, -0.2) is 42.3 Å². The molecule has 1 aliphatic rings. The van der Waals surface area contributed by atoms with Crippen LogP contribution in [0.2, 0.25) is 0 Å². The maximum atomic E-state index is 11.5. The van der Waals surface area contributed by atoms with Crippen molar-refractivity contribution in [3.63, 3.8) is 0 Å². The summed E-state index contributed by atoms with van der Waals surface area (Å²) < 4.78 is 4.73. The van der Waals surface area contributed by atoms with E-state index >= 15 is 0 Å². The lowest BCUT2D eigenvalue weighted by Gasteiger charge is -2.31. The minimum absolute atomic E-state index is 0.246. The van der Waals surface area contributed by atoms with E-state index < -0.39 is 5.97 Å². The number of amides is 1. The Morgan fingerprint density at radius 1 is 1.32 bits per heavy atom. The maximum absolute atomic E-state index is 11.5. The number of nitrogens with zero attached hydrogens (tertiary/aromatic N) is 1. The van der Waals surface area contributed by atoms with Crippen LogP contribution in [0.4, 0.5) is 4.79 Å². The Bertz CT molecular complexity index is 469. The zero-order valence-electron chi connectivity index (χ0n) is 10.8. The van der Waals surface area contributed by atoms with Crippen LogP contribution in [0.3, 0.4) is 0 Å². The molecule has 2 rings (SSSR count). The van der Waals surface area contributed by atoms with Gasteiger partial charge in [-0.1, -0.05) is 12.1 Å². The number of carboxylic acid groups (broad SMARTS) is 1. The number of carboxylic acids is 1. The zero-order valence-corrected chi connectivity index (χ0v) is 10.8. The van der Waals surface area contributed by atoms with Crippen molar-refractivity contribution in [1.29, 1.82) is 0 Å². The van der Waals surface area contributed by atoms with Gasteiger partial charge >= 0.3 is 12.1 Å². The third kappa shape index (κ3) is 3.05. The molecule has 0 aliphatic carbocycles. The molecule has 1 amide bonds. The Morgan fingerprint density at radius 3 is 2.58 bits per heavy atom. The van der Waals surface area contributed by atoms with Gasteiger partial charge in [0, 0.05) is 19.0 Å². The van der Waals surface area contributed by atoms with Gasteiger partial charge < -0.3 is 14.7 Å². The molecule has 1 unspecified atom stereocenters. The molecule has 0 saturated carbocycles. The number of carbonyl (C=O) groups is 2. The molecule has 1 N–H and O–H groups in total. The monoisotopic (exact) mass is 263 g/mol. The van der Waals surface area contributed by atoms with Gasteiger partial charge in [-0.05, 0) is 30.5 Å². The van der Waals surface area contributed by atoms with Gasteiger partial charge in [-0.25, -0.2) is 9.59 Å². The van der Waals surface area contributed by atoms with Gasteiger partial charge in [-0.15, -0.1) is 0 Å². The molecule has 0 spiro atoms. The van der Waals surface area contributed by atoms with E-state index in [1.165, 1.54) is 7.11 Å². The smallest absolute Gasteiger partial charge is 0.409 e. The first-order chi connectivity index (χ1) is 9.11. The van der Waals surface area contributed by atoms with Gasteiger partial charge in [0.15, 0.2) is 0 Å². The number of benzene rings is 1. The van der Waals surface area contributed by atoms with Crippen LogP contribution in [0.25, 0.3) is 0 Å². The summed E-state index contributed by atoms with van der Waals surface area (Å²) in [5.74, 6) is -0.679. The molecule has 1 aromatic carbocycles. The first-order valence-electron chi connectivity index (χ1n) is 6.28. The fraction of sp³-hybridized carbons (Fsp3) is 0.429. The minimum Gasteiger partial charge on any atom is -0.478 e. The van der Waals surface area contributed by atoms with Crippen LogP contribution < -0.4 is 0 Å². The molecule has 0 aromatic heterocycles. The molecule has 5 nitrogen and oxygen atoms in total. The van der Waals surface area contributed by atoms with Gasteiger partial charge in [-0.2, -0.15) is 0 Å². The fourth-order valence-corrected chi connectivity index (χ4v) is 2.44. The third-order valence-corrected chi connectivity index (χ3v) is 3.48. The molecular formula is C14H17NO4. The summed E-state index contributed by atoms with van der Waals surface area (Å²) in [6.45, 7) is 1.34. The molecule has 5 heteroatoms. The summed E-state index contributed by atoms with van der Waals surface area (Å²) in [4.78, 5) is 24.0. The van der Waals surface area contributed by atoms with Crippen molar-refractivity contribution in [2.24, 2.45) is 0 Å². The standard InChI is InChI=1S/C14H17NO4/c1-19-14(18)15-8-2-3-12(9-15)10-4-6-11(7-5-10)13(16)17/h4-7,12H,2-3,8-9H2,1H3,(H,16,17). The van der Waals surface area contributed by atoms with Crippen molar-refractivity contribution in [3.8, 4) is 0 Å². The lowest BCUT2D eigenvalue weighted by Crippen LogP contribution is -2.38. The van der Waals surface area contributed by atoms with Crippen LogP contribution in [0.5, 0.6) is 0 Å². The SMILES string of the molecule is COC(=O)N1CCCC(c2ccc(C(=O)O)cc2)C1. The number of rotatable bonds is 2. The molecule has 1 heterocycles. The second-order valence-corrected chi connectivity index (χ2v) is 4.68. The van der Waals surface area contributed by atoms with Gasteiger partial charge in [0.2, 0.25) is 0 Å². The highest BCUT2D eigenvalue weighted by atomic mass is 16.5. The van der Waals surface area contributed by atoms with Gasteiger partial charge in [0.05, 0.1) is 12.7 Å². The molecule has 1 saturated heterocycles. The number of likely N-dealkylation sites (tertiary alicyclic amines) is 1. The molecule has 102 valence electrons. The normalized spacial score (nSPS) is 19.0. The number of hydrogen-bond acceptors (Lipinski definition) is 3. The van der Waals surface area contributed by atoms with E-state index in [-0.39, 0.29) is 17.6 Å². The van der Waals surface area contributed by atoms with Crippen LogP contribution in [0, 0.1) is 0 Å². The highest BCUT2D eigenvalue weighted by Gasteiger charge is 2.25. The lowest BCUT2D eigenvalue weighted by atomic mass is 9.90. The van der Waals surface area contributed by atoms with Crippen molar-refractivity contribution >= 4 is 12.1 Å². The van der Waals surface area contributed by atoms with Crippen molar-refractivity contribution in [3.05, 3.63) is 35.4 Å². The first-order valence-corrected chi connectivity index (χ1v) is 6.28. The molecule has 1 fully saturated rings. The summed E-state index contributed by atoms with van der Waals surface area (Å²) >= 11 is 0. The zero-order chi connectivity index (χ0) is 13.8. The number of hydrogen-bond donors (Lipinski definition) is 1. The number of ether oxygens (including phenoxy) is 1. The van der Waals surface area contributed by atoms with Crippen LogP contribution in [0.1, 0.15) is 34.7 Å². The maximum Gasteiger partial charge on any atom is 0.409 e. The number of aromatic carboxylic acids is 1. The number of methoxy groups -OCH3 is 1. The largest absolute Gasteiger partial charge is 0.478 e. The summed E-state index contributed by atoms with van der Waals surface area (Å²) in [7, 11) is 1.38. The summed E-state index contributed by atoms with van der Waals surface area (Å²) in [6.07, 6.45) is 1.63. The second kappa shape index (κ2) is 5.73. The van der Waals surface area contributed by atoms with Crippen LogP contribution in [-0.2, 0) is 4.74 Å². The van der Waals surface area contributed by atoms with Crippen molar-refractivity contribution in [2.45, 2.75) is 18.8 Å². The molecule has 1 aliphatic heterocycles. The highest BCUT2D eigenvalue weighted by Crippen LogP contribution is 2.27. The van der Waals surface area contributed by atoms with Gasteiger partial charge in [0.1, 0.15) is 0 Å². The van der Waals surface area contributed by atoms with Crippen molar-refractivity contribution in [1.82, 2.24) is 4.90 Å². The molecule has 1 atom stereocenters. The molecule has 1 aromatic rings. The van der Waals surface area contributed by atoms with Gasteiger partial charge in [0.25, 0.3) is 0 Å². The molecule has 0 radical (unpaired) electrons. The third-order valence-electron chi connectivity index (χ3n) is 3.48. The minimum atomic E-state index is -0.925. The molecule has 19 heavy (non-hydrogen) atoms. The predicted molar refractivity (Wildman–Crippen MR) is 69.4 cm³/mol. The Kier molecular flexibility index (Phi) is 4.04.